The Kier molecular flexibility index (Phi) is 12.2. The lowest BCUT2D eigenvalue weighted by atomic mass is 9.52. The van der Waals surface area contributed by atoms with Gasteiger partial charge in [0.1, 0.15) is 5.75 Å². The van der Waals surface area contributed by atoms with Gasteiger partial charge in [0.25, 0.3) is 0 Å². The van der Waals surface area contributed by atoms with Crippen LogP contribution in [-0.2, 0) is 17.4 Å². The summed E-state index contributed by atoms with van der Waals surface area (Å²) in [7, 11) is -1.67. The van der Waals surface area contributed by atoms with E-state index < -0.39 is 35.9 Å². The fourth-order valence-electron chi connectivity index (χ4n) is 8.98. The van der Waals surface area contributed by atoms with Gasteiger partial charge in [-0.3, -0.25) is 0 Å². The molecule has 13 heteroatoms. The molecule has 4 unspecified atom stereocenters. The van der Waals surface area contributed by atoms with Crippen LogP contribution in [-0.4, -0.2) is 77.0 Å². The summed E-state index contributed by atoms with van der Waals surface area (Å²) in [5.41, 5.74) is 2.48. The average Bonchev–Trinajstić information content (AvgIpc) is 3.17. The fraction of sp³-hybridized carbons (Fsp3) is 0.800. The number of rotatable bonds is 12. The number of nitrogens with one attached hydrogen (secondary N) is 2. The second-order valence-corrected chi connectivity index (χ2v) is 16.3. The summed E-state index contributed by atoms with van der Waals surface area (Å²) in [5, 5.41) is 14.3. The Morgan fingerprint density at radius 1 is 1.17 bits per heavy atom. The lowest BCUT2D eigenvalue weighted by Crippen LogP contribution is -2.47. The van der Waals surface area contributed by atoms with E-state index in [0.29, 0.717) is 55.5 Å². The Hall–Kier alpha value is -1.83. The molecule has 1 saturated heterocycles. The number of nitrogens with zero attached hydrogens (tertiary/aromatic N) is 1. The van der Waals surface area contributed by atoms with Crippen LogP contribution in [0, 0.1) is 29.1 Å². The summed E-state index contributed by atoms with van der Waals surface area (Å²) in [6.07, 6.45) is 0.159. The highest BCUT2D eigenvalue weighted by Gasteiger charge is 2.57. The lowest BCUT2D eigenvalue weighted by molar-refractivity contribution is -0.284. The van der Waals surface area contributed by atoms with Crippen LogP contribution in [0.5, 0.6) is 5.75 Å². The highest BCUT2D eigenvalue weighted by Crippen LogP contribution is 2.62. The lowest BCUT2D eigenvalue weighted by Gasteiger charge is -2.53. The van der Waals surface area contributed by atoms with Crippen molar-refractivity contribution in [2.75, 3.05) is 38.5 Å². The molecule has 3 aliphatic carbocycles. The first kappa shape index (κ1) is 37.4. The number of carbonyl (C=O) groups is 1. The van der Waals surface area contributed by atoms with E-state index in [1.807, 2.05) is 6.07 Å². The molecule has 0 aromatic heterocycles. The molecule has 1 amide bonds. The number of benzene rings is 1. The number of aliphatic hydroxyl groups is 1. The van der Waals surface area contributed by atoms with E-state index >= 15 is 0 Å². The molecule has 3 N–H and O–H groups in total. The van der Waals surface area contributed by atoms with Crippen molar-refractivity contribution in [3.05, 3.63) is 29.3 Å². The van der Waals surface area contributed by atoms with Crippen LogP contribution in [0.4, 0.5) is 26.7 Å². The van der Waals surface area contributed by atoms with Gasteiger partial charge in [0.15, 0.2) is 0 Å². The Bertz CT molecular complexity index is 1280. The molecule has 1 heterocycles. The smallest absolute Gasteiger partial charge is 0.410 e. The SMILES string of the molecule is CC(CCNS(=O)CCCC(F)(F)C(F)(F)F)CC[C@@H]1Cc2cc(OC(=O)N3CCCNCC3)ccc2C2CC[C@@]3(C)C(CC[C@@H]3O)[C@@H]21. The minimum Gasteiger partial charge on any atom is -0.410 e. The van der Waals surface area contributed by atoms with Gasteiger partial charge in [-0.05, 0) is 123 Å². The number of carbonyl (C=O) groups excluding carboxylic acids is 1. The third-order valence-corrected chi connectivity index (χ3v) is 13.0. The third kappa shape index (κ3) is 8.54. The number of halogens is 5. The summed E-state index contributed by atoms with van der Waals surface area (Å²) in [4.78, 5) is 14.7. The zero-order chi connectivity index (χ0) is 34.7. The fourth-order valence-corrected chi connectivity index (χ4v) is 9.88. The number of alkyl halides is 5. The van der Waals surface area contributed by atoms with Crippen LogP contribution in [0.1, 0.15) is 95.1 Å². The molecule has 1 aromatic carbocycles. The van der Waals surface area contributed by atoms with E-state index in [4.69, 9.17) is 4.74 Å². The molecular weight excluding hydrogens is 653 g/mol. The monoisotopic (exact) mass is 705 g/mol. The van der Waals surface area contributed by atoms with Gasteiger partial charge in [-0.25, -0.2) is 13.7 Å². The summed E-state index contributed by atoms with van der Waals surface area (Å²) in [5.74, 6) is -2.53. The van der Waals surface area contributed by atoms with E-state index in [1.165, 1.54) is 11.1 Å². The van der Waals surface area contributed by atoms with Crippen molar-refractivity contribution in [3.8, 4) is 5.75 Å². The molecule has 1 aliphatic heterocycles. The van der Waals surface area contributed by atoms with Crippen molar-refractivity contribution in [2.45, 2.75) is 109 Å². The third-order valence-electron chi connectivity index (χ3n) is 11.8. The van der Waals surface area contributed by atoms with E-state index in [-0.39, 0.29) is 29.3 Å². The first-order valence-electron chi connectivity index (χ1n) is 17.7. The molecule has 0 spiro atoms. The molecule has 8 atom stereocenters. The summed E-state index contributed by atoms with van der Waals surface area (Å²) in [6.45, 7) is 7.69. The first-order valence-corrected chi connectivity index (χ1v) is 19.1. The van der Waals surface area contributed by atoms with Crippen molar-refractivity contribution in [1.29, 1.82) is 0 Å². The normalized spacial score (nSPS) is 30.5. The van der Waals surface area contributed by atoms with E-state index in [0.717, 1.165) is 64.5 Å². The number of hydrogen-bond acceptors (Lipinski definition) is 5. The van der Waals surface area contributed by atoms with Gasteiger partial charge in [-0.15, -0.1) is 0 Å². The average molecular weight is 706 g/mol. The summed E-state index contributed by atoms with van der Waals surface area (Å²) >= 11 is 0. The summed E-state index contributed by atoms with van der Waals surface area (Å²) in [6, 6.07) is 6.14. The molecule has 0 radical (unpaired) electrons. The number of amides is 1. The number of hydrogen-bond donors (Lipinski definition) is 3. The van der Waals surface area contributed by atoms with Gasteiger partial charge in [0.05, 0.1) is 17.1 Å². The Morgan fingerprint density at radius 3 is 2.73 bits per heavy atom. The van der Waals surface area contributed by atoms with Crippen molar-refractivity contribution >= 4 is 17.1 Å². The van der Waals surface area contributed by atoms with Crippen LogP contribution in [0.15, 0.2) is 18.2 Å². The van der Waals surface area contributed by atoms with Crippen LogP contribution in [0.25, 0.3) is 0 Å². The van der Waals surface area contributed by atoms with E-state index in [2.05, 4.69) is 36.0 Å². The molecule has 3 fully saturated rings. The maximum Gasteiger partial charge on any atom is 0.453 e. The van der Waals surface area contributed by atoms with Crippen molar-refractivity contribution in [1.82, 2.24) is 14.9 Å². The molecule has 48 heavy (non-hydrogen) atoms. The van der Waals surface area contributed by atoms with Crippen LogP contribution in [0.3, 0.4) is 0 Å². The Labute approximate surface area is 283 Å². The molecule has 2 saturated carbocycles. The van der Waals surface area contributed by atoms with E-state index in [9.17, 15) is 36.1 Å². The maximum atomic E-state index is 13.1. The molecule has 7 nitrogen and oxygen atoms in total. The highest BCUT2D eigenvalue weighted by atomic mass is 32.2. The van der Waals surface area contributed by atoms with Gasteiger partial charge in [0, 0.05) is 38.4 Å². The topological polar surface area (TPSA) is 90.9 Å². The summed E-state index contributed by atoms with van der Waals surface area (Å²) < 4.78 is 84.3. The van der Waals surface area contributed by atoms with Crippen LogP contribution < -0.4 is 14.8 Å². The van der Waals surface area contributed by atoms with E-state index in [1.54, 1.807) is 4.90 Å². The molecule has 0 bridgehead atoms. The molecule has 272 valence electrons. The van der Waals surface area contributed by atoms with Gasteiger partial charge in [0.2, 0.25) is 0 Å². The minimum absolute atomic E-state index is 0.0852. The highest BCUT2D eigenvalue weighted by molar-refractivity contribution is 7.83. The number of fused-ring (bicyclic) bond motifs is 5. The van der Waals surface area contributed by atoms with Crippen LogP contribution >= 0.6 is 0 Å². The van der Waals surface area contributed by atoms with Crippen molar-refractivity contribution in [3.63, 3.8) is 0 Å². The first-order chi connectivity index (χ1) is 22.7. The van der Waals surface area contributed by atoms with Gasteiger partial charge < -0.3 is 20.1 Å². The van der Waals surface area contributed by atoms with Crippen LogP contribution in [0.2, 0.25) is 0 Å². The Balaban J connectivity index is 1.19. The van der Waals surface area contributed by atoms with Gasteiger partial charge in [-0.1, -0.05) is 26.3 Å². The van der Waals surface area contributed by atoms with Gasteiger partial charge in [-0.2, -0.15) is 22.0 Å². The predicted molar refractivity (Wildman–Crippen MR) is 175 cm³/mol. The van der Waals surface area contributed by atoms with Gasteiger partial charge >= 0.3 is 18.2 Å². The number of ether oxygens (including phenoxy) is 1. The zero-order valence-corrected chi connectivity index (χ0v) is 29.0. The zero-order valence-electron chi connectivity index (χ0n) is 28.1. The standard InChI is InChI=1S/C35H52F5N3O4S/c1-23(12-16-42-48(46)20-3-13-34(36,37)35(38,39)40)5-6-24-21-25-22-26(47-32(45)43-18-4-15-41-17-19-43)7-8-27(25)28-11-14-33(2)29(31(24)28)9-10-30(33)44/h7-8,22-24,28-31,41-42,44H,3-6,9-21H2,1-2H3/t23?,24-,28?,29?,30+,31-,33+,48?/m1/s1. The molecule has 4 aliphatic rings. The minimum atomic E-state index is -5.59. The van der Waals surface area contributed by atoms with Crippen molar-refractivity contribution in [2.24, 2.45) is 29.1 Å². The maximum absolute atomic E-state index is 13.1. The second-order valence-electron chi connectivity index (χ2n) is 14.9. The van der Waals surface area contributed by atoms with Crippen molar-refractivity contribution < 1.29 is 40.8 Å². The number of aliphatic hydroxyl groups excluding tert-OH is 1. The molecule has 5 rings (SSSR count). The molecular formula is C35H52F5N3O4S. The quantitative estimate of drug-likeness (QED) is 0.205. The predicted octanol–water partition coefficient (Wildman–Crippen LogP) is 6.96. The second kappa shape index (κ2) is 15.6. The Morgan fingerprint density at radius 2 is 1.96 bits per heavy atom. The molecule has 1 aromatic rings. The largest absolute Gasteiger partial charge is 0.453 e.